The standard InChI is InChI=1S/C16H20N2O3/c1-3-18(4-2)10-11-21-16(20)13-8-7-12-6-5-9-17-14(12)15(13)19/h5-9,19H,3-4,10-11H2,1-2H3. The lowest BCUT2D eigenvalue weighted by atomic mass is 10.1. The van der Waals surface area contributed by atoms with Crippen molar-refractivity contribution in [2.45, 2.75) is 13.8 Å². The van der Waals surface area contributed by atoms with Crippen LogP contribution < -0.4 is 0 Å². The van der Waals surface area contributed by atoms with Gasteiger partial charge >= 0.3 is 5.97 Å². The molecule has 0 amide bonds. The van der Waals surface area contributed by atoms with Gasteiger partial charge in [0, 0.05) is 18.1 Å². The van der Waals surface area contributed by atoms with Crippen LogP contribution in [-0.2, 0) is 4.74 Å². The summed E-state index contributed by atoms with van der Waals surface area (Å²) >= 11 is 0. The van der Waals surface area contributed by atoms with E-state index in [0.29, 0.717) is 18.7 Å². The summed E-state index contributed by atoms with van der Waals surface area (Å²) in [5.74, 6) is -0.645. The number of aromatic nitrogens is 1. The summed E-state index contributed by atoms with van der Waals surface area (Å²) in [7, 11) is 0. The Kier molecular flexibility index (Phi) is 5.11. The highest BCUT2D eigenvalue weighted by molar-refractivity contribution is 5.99. The zero-order chi connectivity index (χ0) is 15.2. The molecule has 0 saturated heterocycles. The van der Waals surface area contributed by atoms with Gasteiger partial charge in [0.2, 0.25) is 0 Å². The third-order valence-corrected chi connectivity index (χ3v) is 3.50. The summed E-state index contributed by atoms with van der Waals surface area (Å²) in [5.41, 5.74) is 0.566. The predicted octanol–water partition coefficient (Wildman–Crippen LogP) is 2.44. The largest absolute Gasteiger partial charge is 0.505 e. The van der Waals surface area contributed by atoms with Crippen LogP contribution in [0.2, 0.25) is 0 Å². The Morgan fingerprint density at radius 2 is 2.05 bits per heavy atom. The van der Waals surface area contributed by atoms with Crippen LogP contribution in [0.5, 0.6) is 5.75 Å². The number of phenolic OH excluding ortho intramolecular Hbond substituents is 1. The third kappa shape index (κ3) is 3.49. The Morgan fingerprint density at radius 1 is 1.29 bits per heavy atom. The zero-order valence-electron chi connectivity index (χ0n) is 12.4. The number of hydrogen-bond acceptors (Lipinski definition) is 5. The van der Waals surface area contributed by atoms with Gasteiger partial charge in [0.15, 0.2) is 5.75 Å². The molecule has 0 fully saturated rings. The van der Waals surface area contributed by atoms with Crippen LogP contribution in [0.25, 0.3) is 10.9 Å². The molecule has 0 spiro atoms. The predicted molar refractivity (Wildman–Crippen MR) is 81.5 cm³/mol. The van der Waals surface area contributed by atoms with Crippen molar-refractivity contribution in [1.82, 2.24) is 9.88 Å². The number of carbonyl (C=O) groups excluding carboxylic acids is 1. The number of nitrogens with zero attached hydrogens (tertiary/aromatic N) is 2. The van der Waals surface area contributed by atoms with E-state index in [9.17, 15) is 9.90 Å². The van der Waals surface area contributed by atoms with Gasteiger partial charge in [-0.05, 0) is 25.2 Å². The molecule has 1 N–H and O–H groups in total. The summed E-state index contributed by atoms with van der Waals surface area (Å²) in [5, 5.41) is 10.9. The van der Waals surface area contributed by atoms with Crippen molar-refractivity contribution >= 4 is 16.9 Å². The molecule has 1 aromatic carbocycles. The Hall–Kier alpha value is -2.14. The van der Waals surface area contributed by atoms with E-state index in [1.807, 2.05) is 6.07 Å². The van der Waals surface area contributed by atoms with Gasteiger partial charge in [-0.15, -0.1) is 0 Å². The first-order valence-corrected chi connectivity index (χ1v) is 7.13. The first-order valence-electron chi connectivity index (χ1n) is 7.13. The van der Waals surface area contributed by atoms with Gasteiger partial charge in [-0.1, -0.05) is 26.0 Å². The van der Waals surface area contributed by atoms with Gasteiger partial charge < -0.3 is 14.7 Å². The number of aromatic hydroxyl groups is 1. The highest BCUT2D eigenvalue weighted by atomic mass is 16.5. The first-order chi connectivity index (χ1) is 10.2. The minimum absolute atomic E-state index is 0.124. The molecular formula is C16H20N2O3. The van der Waals surface area contributed by atoms with E-state index in [1.165, 1.54) is 0 Å². The number of phenols is 1. The fourth-order valence-corrected chi connectivity index (χ4v) is 2.18. The molecule has 0 aliphatic rings. The average Bonchev–Trinajstić information content (AvgIpc) is 2.52. The fourth-order valence-electron chi connectivity index (χ4n) is 2.18. The molecule has 2 aromatic rings. The van der Waals surface area contributed by atoms with Crippen LogP contribution in [0, 0.1) is 0 Å². The minimum atomic E-state index is -0.521. The van der Waals surface area contributed by atoms with Crippen LogP contribution in [-0.4, -0.2) is 47.2 Å². The van der Waals surface area contributed by atoms with Crippen LogP contribution in [0.1, 0.15) is 24.2 Å². The molecule has 0 aliphatic carbocycles. The van der Waals surface area contributed by atoms with Crippen molar-refractivity contribution in [3.63, 3.8) is 0 Å². The number of pyridine rings is 1. The maximum Gasteiger partial charge on any atom is 0.342 e. The number of fused-ring (bicyclic) bond motifs is 1. The van der Waals surface area contributed by atoms with Crippen molar-refractivity contribution in [3.05, 3.63) is 36.0 Å². The van der Waals surface area contributed by atoms with Gasteiger partial charge in [0.1, 0.15) is 17.7 Å². The second kappa shape index (κ2) is 7.04. The number of benzene rings is 1. The molecule has 0 radical (unpaired) electrons. The van der Waals surface area contributed by atoms with E-state index in [1.54, 1.807) is 24.4 Å². The highest BCUT2D eigenvalue weighted by Crippen LogP contribution is 2.27. The van der Waals surface area contributed by atoms with E-state index in [2.05, 4.69) is 23.7 Å². The summed E-state index contributed by atoms with van der Waals surface area (Å²) < 4.78 is 5.22. The Labute approximate surface area is 124 Å². The molecule has 0 bridgehead atoms. The molecule has 0 saturated carbocycles. The SMILES string of the molecule is CCN(CC)CCOC(=O)c1ccc2cccnc2c1O. The molecule has 5 heteroatoms. The summed E-state index contributed by atoms with van der Waals surface area (Å²) in [6, 6.07) is 6.93. The summed E-state index contributed by atoms with van der Waals surface area (Å²) in [6.45, 7) is 6.95. The maximum atomic E-state index is 12.0. The van der Waals surface area contributed by atoms with Crippen molar-refractivity contribution in [1.29, 1.82) is 0 Å². The van der Waals surface area contributed by atoms with Gasteiger partial charge in [-0.3, -0.25) is 4.98 Å². The number of esters is 1. The second-order valence-electron chi connectivity index (χ2n) is 4.70. The van der Waals surface area contributed by atoms with E-state index in [4.69, 9.17) is 4.74 Å². The van der Waals surface area contributed by atoms with Crippen LogP contribution >= 0.6 is 0 Å². The molecule has 1 aromatic heterocycles. The lowest BCUT2D eigenvalue weighted by molar-refractivity contribution is 0.0463. The highest BCUT2D eigenvalue weighted by Gasteiger charge is 2.16. The van der Waals surface area contributed by atoms with Crippen molar-refractivity contribution < 1.29 is 14.6 Å². The van der Waals surface area contributed by atoms with E-state index < -0.39 is 5.97 Å². The second-order valence-corrected chi connectivity index (χ2v) is 4.70. The van der Waals surface area contributed by atoms with Crippen molar-refractivity contribution in [2.24, 2.45) is 0 Å². The number of rotatable bonds is 6. The van der Waals surface area contributed by atoms with Crippen LogP contribution in [0.4, 0.5) is 0 Å². The Bertz CT molecular complexity index is 624. The number of carbonyl (C=O) groups is 1. The van der Waals surface area contributed by atoms with Gasteiger partial charge in [-0.2, -0.15) is 0 Å². The topological polar surface area (TPSA) is 62.7 Å². The van der Waals surface area contributed by atoms with E-state index in [0.717, 1.165) is 18.5 Å². The van der Waals surface area contributed by atoms with Crippen LogP contribution in [0.15, 0.2) is 30.5 Å². The molecule has 0 atom stereocenters. The first kappa shape index (κ1) is 15.3. The lowest BCUT2D eigenvalue weighted by Gasteiger charge is -2.17. The van der Waals surface area contributed by atoms with Gasteiger partial charge in [-0.25, -0.2) is 4.79 Å². The molecule has 21 heavy (non-hydrogen) atoms. The van der Waals surface area contributed by atoms with Gasteiger partial charge in [0.25, 0.3) is 0 Å². The maximum absolute atomic E-state index is 12.0. The Balaban J connectivity index is 2.07. The quantitative estimate of drug-likeness (QED) is 0.827. The van der Waals surface area contributed by atoms with Gasteiger partial charge in [0.05, 0.1) is 0 Å². The van der Waals surface area contributed by atoms with E-state index >= 15 is 0 Å². The minimum Gasteiger partial charge on any atom is -0.505 e. The molecule has 5 nitrogen and oxygen atoms in total. The number of ether oxygens (including phenoxy) is 1. The monoisotopic (exact) mass is 288 g/mol. The number of likely N-dealkylation sites (N-methyl/N-ethyl adjacent to an activating group) is 1. The smallest absolute Gasteiger partial charge is 0.342 e. The lowest BCUT2D eigenvalue weighted by Crippen LogP contribution is -2.27. The summed E-state index contributed by atoms with van der Waals surface area (Å²) in [4.78, 5) is 18.3. The molecule has 2 rings (SSSR count). The van der Waals surface area contributed by atoms with Crippen molar-refractivity contribution in [2.75, 3.05) is 26.2 Å². The average molecular weight is 288 g/mol. The molecule has 0 unspecified atom stereocenters. The molecular weight excluding hydrogens is 268 g/mol. The summed E-state index contributed by atoms with van der Waals surface area (Å²) in [6.07, 6.45) is 1.58. The zero-order valence-corrected chi connectivity index (χ0v) is 12.4. The van der Waals surface area contributed by atoms with E-state index in [-0.39, 0.29) is 11.3 Å². The Morgan fingerprint density at radius 3 is 2.76 bits per heavy atom. The third-order valence-electron chi connectivity index (χ3n) is 3.50. The van der Waals surface area contributed by atoms with Crippen molar-refractivity contribution in [3.8, 4) is 5.75 Å². The normalized spacial score (nSPS) is 11.0. The number of hydrogen-bond donors (Lipinski definition) is 1. The molecule has 1 heterocycles. The molecule has 0 aliphatic heterocycles. The van der Waals surface area contributed by atoms with Crippen LogP contribution in [0.3, 0.4) is 0 Å². The molecule has 112 valence electrons. The fraction of sp³-hybridized carbons (Fsp3) is 0.375.